The Morgan fingerprint density at radius 1 is 0.976 bits per heavy atom. The lowest BCUT2D eigenvalue weighted by molar-refractivity contribution is -0.373. The Bertz CT molecular complexity index is 1310. The summed E-state index contributed by atoms with van der Waals surface area (Å²) in [5.41, 5.74) is -4.93. The van der Waals surface area contributed by atoms with Gasteiger partial charge in [0.1, 0.15) is 11.7 Å². The SMILES string of the molecule is CC(=O)O[C@@H]1C[C@H](O)[C@@]23COC(O)[C@]1(C)C2C[C@@H](O)[C@]1(C)[C@@H]3C(=O)[C@H](OC(C)=O)[C@@]2(C)[C@H](c3ccoc3)C[C@H]3O[C@]321. The maximum Gasteiger partial charge on any atom is 0.303 e. The van der Waals surface area contributed by atoms with Gasteiger partial charge in [-0.05, 0) is 30.4 Å². The van der Waals surface area contributed by atoms with Crippen molar-refractivity contribution in [2.24, 2.45) is 33.5 Å². The number of fused-ring (bicyclic) bond motifs is 1. The van der Waals surface area contributed by atoms with Gasteiger partial charge in [0.15, 0.2) is 18.2 Å². The maximum absolute atomic E-state index is 15.0. The average molecular weight is 575 g/mol. The quantitative estimate of drug-likeness (QED) is 0.354. The second kappa shape index (κ2) is 8.19. The number of hydrogen-bond donors (Lipinski definition) is 3. The monoisotopic (exact) mass is 574 g/mol. The number of Topliss-reactive ketones (excluding diaryl/α,β-unsaturated/α-hetero) is 1. The van der Waals surface area contributed by atoms with E-state index in [1.807, 2.05) is 19.9 Å². The van der Waals surface area contributed by atoms with Gasteiger partial charge < -0.3 is 38.7 Å². The van der Waals surface area contributed by atoms with Crippen LogP contribution >= 0.6 is 0 Å². The van der Waals surface area contributed by atoms with Gasteiger partial charge in [0.05, 0.1) is 48.3 Å². The van der Waals surface area contributed by atoms with E-state index in [4.69, 9.17) is 23.4 Å². The topological polar surface area (TPSA) is 165 Å². The third-order valence-electron chi connectivity index (χ3n) is 12.6. The number of furan rings is 1. The van der Waals surface area contributed by atoms with Gasteiger partial charge in [-0.25, -0.2) is 0 Å². The van der Waals surface area contributed by atoms with E-state index in [0.717, 1.165) is 5.56 Å². The molecule has 2 saturated heterocycles. The zero-order valence-corrected chi connectivity index (χ0v) is 23.9. The van der Waals surface area contributed by atoms with Crippen LogP contribution in [0, 0.1) is 33.5 Å². The van der Waals surface area contributed by atoms with Crippen molar-refractivity contribution >= 4 is 17.7 Å². The number of carbonyl (C=O) groups excluding carboxylic acids is 3. The molecule has 0 aromatic carbocycles. The molecule has 4 aliphatic carbocycles. The normalized spacial score (nSPS) is 54.7. The average Bonchev–Trinajstić information content (AvgIpc) is 3.26. The Hall–Kier alpha value is -2.31. The van der Waals surface area contributed by atoms with Gasteiger partial charge in [0.25, 0.3) is 0 Å². The number of hydrogen-bond acceptors (Lipinski definition) is 11. The van der Waals surface area contributed by atoms with Crippen LogP contribution in [-0.2, 0) is 33.3 Å². The number of carbonyl (C=O) groups is 3. The molecule has 14 atom stereocenters. The molecule has 1 spiro atoms. The molecule has 2 bridgehead atoms. The maximum atomic E-state index is 15.0. The molecule has 11 heteroatoms. The molecule has 3 N–H and O–H groups in total. The summed E-state index contributed by atoms with van der Waals surface area (Å²) >= 11 is 0. The highest BCUT2D eigenvalue weighted by atomic mass is 16.6. The van der Waals surface area contributed by atoms with Crippen molar-refractivity contribution in [1.82, 2.24) is 0 Å². The van der Waals surface area contributed by atoms with Crippen LogP contribution in [-0.4, -0.2) is 82.1 Å². The van der Waals surface area contributed by atoms with Crippen molar-refractivity contribution in [1.29, 1.82) is 0 Å². The van der Waals surface area contributed by atoms with Crippen LogP contribution in [0.4, 0.5) is 0 Å². The lowest BCUT2D eigenvalue weighted by atomic mass is 9.33. The molecule has 224 valence electrons. The molecule has 41 heavy (non-hydrogen) atoms. The first-order chi connectivity index (χ1) is 19.2. The number of aliphatic hydroxyl groups is 3. The Labute approximate surface area is 237 Å². The van der Waals surface area contributed by atoms with Gasteiger partial charge in [-0.1, -0.05) is 20.8 Å². The van der Waals surface area contributed by atoms with E-state index < -0.39 is 87.5 Å². The molecule has 4 saturated carbocycles. The predicted octanol–water partition coefficient (Wildman–Crippen LogP) is 1.47. The van der Waals surface area contributed by atoms with Crippen LogP contribution in [0.5, 0.6) is 0 Å². The Morgan fingerprint density at radius 2 is 1.68 bits per heavy atom. The van der Waals surface area contributed by atoms with Gasteiger partial charge in [-0.2, -0.15) is 0 Å². The molecule has 6 fully saturated rings. The van der Waals surface area contributed by atoms with Gasteiger partial charge >= 0.3 is 11.9 Å². The molecule has 11 nitrogen and oxygen atoms in total. The standard InChI is InChI=1S/C30H38O11/c1-13(31)39-20-10-19(34)29-12-38-25(36)26(20,3)17(29)9-18(33)28(5)23(29)22(35)24(40-14(2)32)27(4)16(15-6-7-37-11-15)8-21-30(27,28)41-21/h6-7,11,16-21,23-25,33-34,36H,8-10,12H2,1-5H3/t16-,17?,18+,19-,20+,21+,23-,24-,25?,26+,27+,28+,29+,30+/m0/s1. The van der Waals surface area contributed by atoms with Gasteiger partial charge in [-0.15, -0.1) is 0 Å². The second-order valence-electron chi connectivity index (χ2n) is 13.9. The second-order valence-corrected chi connectivity index (χ2v) is 13.9. The van der Waals surface area contributed by atoms with Crippen LogP contribution in [0.1, 0.15) is 65.4 Å². The van der Waals surface area contributed by atoms with Crippen molar-refractivity contribution < 1.29 is 53.1 Å². The van der Waals surface area contributed by atoms with Crippen molar-refractivity contribution in [3.8, 4) is 0 Å². The van der Waals surface area contributed by atoms with Gasteiger partial charge in [0, 0.05) is 42.9 Å². The first-order valence-electron chi connectivity index (χ1n) is 14.5. The van der Waals surface area contributed by atoms with Crippen molar-refractivity contribution in [3.63, 3.8) is 0 Å². The third kappa shape index (κ3) is 2.85. The Kier molecular flexibility index (Phi) is 5.50. The Balaban J connectivity index is 1.44. The largest absolute Gasteiger partial charge is 0.472 e. The highest BCUT2D eigenvalue weighted by molar-refractivity contribution is 5.93. The minimum Gasteiger partial charge on any atom is -0.472 e. The Morgan fingerprint density at radius 3 is 2.32 bits per heavy atom. The fourth-order valence-corrected chi connectivity index (χ4v) is 11.0. The summed E-state index contributed by atoms with van der Waals surface area (Å²) in [6.07, 6.45) is -2.27. The molecule has 1 aromatic rings. The molecule has 6 aliphatic rings. The first-order valence-corrected chi connectivity index (χ1v) is 14.5. The van der Waals surface area contributed by atoms with Crippen molar-refractivity contribution in [3.05, 3.63) is 24.2 Å². The molecule has 2 aliphatic heterocycles. The summed E-state index contributed by atoms with van der Waals surface area (Å²) in [6, 6.07) is 1.84. The number of esters is 2. The summed E-state index contributed by atoms with van der Waals surface area (Å²) in [5, 5.41) is 35.4. The van der Waals surface area contributed by atoms with Crippen LogP contribution in [0.15, 0.2) is 23.0 Å². The van der Waals surface area contributed by atoms with Crippen molar-refractivity contribution in [2.45, 2.75) is 102 Å². The third-order valence-corrected chi connectivity index (χ3v) is 12.6. The first kappa shape index (κ1) is 27.5. The number of ketones is 1. The molecular weight excluding hydrogens is 536 g/mol. The van der Waals surface area contributed by atoms with E-state index in [0.29, 0.717) is 6.42 Å². The van der Waals surface area contributed by atoms with Gasteiger partial charge in [0.2, 0.25) is 0 Å². The zero-order valence-electron chi connectivity index (χ0n) is 23.9. The summed E-state index contributed by atoms with van der Waals surface area (Å²) in [6.45, 7) is 7.85. The molecule has 7 rings (SSSR count). The lowest BCUT2D eigenvalue weighted by Gasteiger charge is -2.73. The highest BCUT2D eigenvalue weighted by Gasteiger charge is 2.92. The van der Waals surface area contributed by atoms with E-state index in [1.165, 1.54) is 13.8 Å². The summed E-state index contributed by atoms with van der Waals surface area (Å²) in [5.74, 6) is -3.56. The zero-order chi connectivity index (χ0) is 29.5. The fraction of sp³-hybridized carbons (Fsp3) is 0.767. The lowest BCUT2D eigenvalue weighted by Crippen LogP contribution is -2.82. The fourth-order valence-electron chi connectivity index (χ4n) is 11.0. The summed E-state index contributed by atoms with van der Waals surface area (Å²) < 4.78 is 29.5. The van der Waals surface area contributed by atoms with Crippen LogP contribution in [0.2, 0.25) is 0 Å². The summed E-state index contributed by atoms with van der Waals surface area (Å²) in [4.78, 5) is 39.7. The van der Waals surface area contributed by atoms with E-state index >= 15 is 4.79 Å². The van der Waals surface area contributed by atoms with E-state index in [9.17, 15) is 24.9 Å². The molecule has 3 heterocycles. The molecular formula is C30H38O11. The molecule has 0 radical (unpaired) electrons. The van der Waals surface area contributed by atoms with Crippen LogP contribution in [0.25, 0.3) is 0 Å². The smallest absolute Gasteiger partial charge is 0.303 e. The number of epoxide rings is 1. The number of ether oxygens (including phenoxy) is 4. The minimum absolute atomic E-state index is 0.0205. The van der Waals surface area contributed by atoms with E-state index in [2.05, 4.69) is 0 Å². The van der Waals surface area contributed by atoms with Gasteiger partial charge in [-0.3, -0.25) is 14.4 Å². The van der Waals surface area contributed by atoms with Crippen molar-refractivity contribution in [2.75, 3.05) is 6.61 Å². The van der Waals surface area contributed by atoms with Crippen LogP contribution < -0.4 is 0 Å². The minimum atomic E-state index is -1.36. The molecule has 1 aromatic heterocycles. The van der Waals surface area contributed by atoms with E-state index in [-0.39, 0.29) is 31.5 Å². The van der Waals surface area contributed by atoms with E-state index in [1.54, 1.807) is 19.5 Å². The number of aliphatic hydroxyl groups excluding tert-OH is 3. The summed E-state index contributed by atoms with van der Waals surface area (Å²) in [7, 11) is 0. The highest BCUT2D eigenvalue weighted by Crippen LogP contribution is 2.82. The molecule has 2 unspecified atom stereocenters. The van der Waals surface area contributed by atoms with Crippen LogP contribution in [0.3, 0.4) is 0 Å². The predicted molar refractivity (Wildman–Crippen MR) is 137 cm³/mol. The number of rotatable bonds is 3. The molecule has 0 amide bonds.